The number of hydrogen-bond acceptors (Lipinski definition) is 2. The quantitative estimate of drug-likeness (QED) is 0.503. The van der Waals surface area contributed by atoms with Crippen LogP contribution in [0.3, 0.4) is 0 Å². The van der Waals surface area contributed by atoms with E-state index in [0.717, 1.165) is 34.5 Å². The standard InChI is InChI=1S/C15H16INO/c16-14-8-1-2-9-15(14)18-10-4-6-12-5-3-7-13(17)11-12/h1-3,5,7-9,11H,4,6,10,17H2. The molecule has 0 aliphatic heterocycles. The molecule has 18 heavy (non-hydrogen) atoms. The van der Waals surface area contributed by atoms with Crippen molar-refractivity contribution in [3.63, 3.8) is 0 Å². The van der Waals surface area contributed by atoms with Crippen molar-refractivity contribution >= 4 is 28.3 Å². The molecule has 0 aromatic heterocycles. The number of anilines is 1. The lowest BCUT2D eigenvalue weighted by atomic mass is 10.1. The second kappa shape index (κ2) is 6.64. The summed E-state index contributed by atoms with van der Waals surface area (Å²) >= 11 is 2.29. The number of rotatable bonds is 5. The van der Waals surface area contributed by atoms with Crippen LogP contribution in [-0.2, 0) is 6.42 Å². The molecule has 0 spiro atoms. The van der Waals surface area contributed by atoms with Gasteiger partial charge in [0.15, 0.2) is 0 Å². The summed E-state index contributed by atoms with van der Waals surface area (Å²) in [5.74, 6) is 0.964. The second-order valence-electron chi connectivity index (χ2n) is 4.13. The zero-order chi connectivity index (χ0) is 12.8. The monoisotopic (exact) mass is 353 g/mol. The summed E-state index contributed by atoms with van der Waals surface area (Å²) in [5.41, 5.74) is 7.83. The lowest BCUT2D eigenvalue weighted by Crippen LogP contribution is -2.00. The highest BCUT2D eigenvalue weighted by molar-refractivity contribution is 14.1. The van der Waals surface area contributed by atoms with Gasteiger partial charge in [-0.15, -0.1) is 0 Å². The number of benzene rings is 2. The molecule has 0 atom stereocenters. The van der Waals surface area contributed by atoms with E-state index < -0.39 is 0 Å². The van der Waals surface area contributed by atoms with Gasteiger partial charge in [0.2, 0.25) is 0 Å². The Balaban J connectivity index is 1.78. The summed E-state index contributed by atoms with van der Waals surface area (Å²) in [7, 11) is 0. The molecule has 0 aliphatic carbocycles. The van der Waals surface area contributed by atoms with Gasteiger partial charge in [-0.2, -0.15) is 0 Å². The van der Waals surface area contributed by atoms with Gasteiger partial charge in [0.1, 0.15) is 5.75 Å². The van der Waals surface area contributed by atoms with E-state index >= 15 is 0 Å². The first kappa shape index (κ1) is 13.2. The highest BCUT2D eigenvalue weighted by Gasteiger charge is 1.99. The Morgan fingerprint density at radius 3 is 2.67 bits per heavy atom. The molecule has 2 N–H and O–H groups in total. The zero-order valence-corrected chi connectivity index (χ0v) is 12.3. The maximum absolute atomic E-state index is 5.75. The summed E-state index contributed by atoms with van der Waals surface area (Å²) in [6.45, 7) is 0.731. The van der Waals surface area contributed by atoms with Gasteiger partial charge in [0.05, 0.1) is 10.2 Å². The molecule has 0 bridgehead atoms. The number of para-hydroxylation sites is 1. The minimum absolute atomic E-state index is 0.731. The first-order chi connectivity index (χ1) is 8.75. The Kier molecular flexibility index (Phi) is 4.87. The summed E-state index contributed by atoms with van der Waals surface area (Å²) in [6, 6.07) is 16.1. The van der Waals surface area contributed by atoms with Crippen molar-refractivity contribution in [2.24, 2.45) is 0 Å². The van der Waals surface area contributed by atoms with Crippen LogP contribution in [-0.4, -0.2) is 6.61 Å². The van der Waals surface area contributed by atoms with Gasteiger partial charge in [-0.1, -0.05) is 24.3 Å². The van der Waals surface area contributed by atoms with E-state index in [1.165, 1.54) is 5.56 Å². The molecule has 2 aromatic carbocycles. The van der Waals surface area contributed by atoms with Gasteiger partial charge in [0.25, 0.3) is 0 Å². The highest BCUT2D eigenvalue weighted by atomic mass is 127. The van der Waals surface area contributed by atoms with Crippen LogP contribution < -0.4 is 10.5 Å². The molecule has 0 saturated carbocycles. The van der Waals surface area contributed by atoms with Gasteiger partial charge in [-0.05, 0) is 65.3 Å². The van der Waals surface area contributed by atoms with E-state index in [4.69, 9.17) is 10.5 Å². The molecule has 3 heteroatoms. The Bertz CT molecular complexity index is 513. The van der Waals surface area contributed by atoms with Crippen LogP contribution >= 0.6 is 22.6 Å². The van der Waals surface area contributed by atoms with Gasteiger partial charge in [-0.3, -0.25) is 0 Å². The summed E-state index contributed by atoms with van der Waals surface area (Å²) < 4.78 is 6.90. The molecule has 2 nitrogen and oxygen atoms in total. The molecule has 0 radical (unpaired) electrons. The fraction of sp³-hybridized carbons (Fsp3) is 0.200. The Morgan fingerprint density at radius 2 is 1.89 bits per heavy atom. The molecule has 2 rings (SSSR count). The molecular formula is C15H16INO. The van der Waals surface area contributed by atoms with Crippen LogP contribution in [0.25, 0.3) is 0 Å². The average Bonchev–Trinajstić information content (AvgIpc) is 2.37. The normalized spacial score (nSPS) is 10.3. The number of nitrogen functional groups attached to an aromatic ring is 1. The fourth-order valence-electron chi connectivity index (χ4n) is 1.77. The number of ether oxygens (including phenoxy) is 1. The Labute approximate surface area is 121 Å². The molecular weight excluding hydrogens is 337 g/mol. The van der Waals surface area contributed by atoms with Crippen molar-refractivity contribution in [1.82, 2.24) is 0 Å². The van der Waals surface area contributed by atoms with Gasteiger partial charge >= 0.3 is 0 Å². The first-order valence-corrected chi connectivity index (χ1v) is 7.05. The summed E-state index contributed by atoms with van der Waals surface area (Å²) in [4.78, 5) is 0. The summed E-state index contributed by atoms with van der Waals surface area (Å²) in [5, 5.41) is 0. The number of nitrogens with two attached hydrogens (primary N) is 1. The van der Waals surface area contributed by atoms with Crippen LogP contribution in [0.15, 0.2) is 48.5 Å². The van der Waals surface area contributed by atoms with Crippen molar-refractivity contribution < 1.29 is 4.74 Å². The minimum atomic E-state index is 0.731. The highest BCUT2D eigenvalue weighted by Crippen LogP contribution is 2.20. The van der Waals surface area contributed by atoms with Crippen LogP contribution in [0.1, 0.15) is 12.0 Å². The van der Waals surface area contributed by atoms with Gasteiger partial charge in [-0.25, -0.2) is 0 Å². The van der Waals surface area contributed by atoms with Crippen molar-refractivity contribution in [3.05, 3.63) is 57.7 Å². The van der Waals surface area contributed by atoms with Crippen LogP contribution in [0, 0.1) is 3.57 Å². The second-order valence-corrected chi connectivity index (χ2v) is 5.29. The maximum Gasteiger partial charge on any atom is 0.132 e. The predicted octanol–water partition coefficient (Wildman–Crippen LogP) is 3.89. The van der Waals surface area contributed by atoms with Crippen molar-refractivity contribution in [3.8, 4) is 5.75 Å². The van der Waals surface area contributed by atoms with E-state index in [-0.39, 0.29) is 0 Å². The maximum atomic E-state index is 5.75. The third-order valence-electron chi connectivity index (χ3n) is 2.66. The van der Waals surface area contributed by atoms with E-state index in [0.29, 0.717) is 0 Å². The third-order valence-corrected chi connectivity index (χ3v) is 3.55. The topological polar surface area (TPSA) is 35.2 Å². The van der Waals surface area contributed by atoms with Crippen LogP contribution in [0.4, 0.5) is 5.69 Å². The molecule has 2 aromatic rings. The van der Waals surface area contributed by atoms with Gasteiger partial charge < -0.3 is 10.5 Å². The SMILES string of the molecule is Nc1cccc(CCCOc2ccccc2I)c1. The van der Waals surface area contributed by atoms with Crippen molar-refractivity contribution in [2.45, 2.75) is 12.8 Å². The largest absolute Gasteiger partial charge is 0.492 e. The van der Waals surface area contributed by atoms with E-state index in [1.54, 1.807) is 0 Å². The van der Waals surface area contributed by atoms with Crippen LogP contribution in [0.5, 0.6) is 5.75 Å². The van der Waals surface area contributed by atoms with Crippen molar-refractivity contribution in [1.29, 1.82) is 0 Å². The smallest absolute Gasteiger partial charge is 0.132 e. The van der Waals surface area contributed by atoms with E-state index in [1.807, 2.05) is 42.5 Å². The molecule has 0 amide bonds. The van der Waals surface area contributed by atoms with Gasteiger partial charge in [0, 0.05) is 5.69 Å². The Hall–Kier alpha value is -1.23. The number of halogens is 1. The predicted molar refractivity (Wildman–Crippen MR) is 83.8 cm³/mol. The minimum Gasteiger partial charge on any atom is -0.492 e. The van der Waals surface area contributed by atoms with E-state index in [9.17, 15) is 0 Å². The Morgan fingerprint density at radius 1 is 1.06 bits per heavy atom. The lowest BCUT2D eigenvalue weighted by molar-refractivity contribution is 0.309. The number of hydrogen-bond donors (Lipinski definition) is 1. The van der Waals surface area contributed by atoms with E-state index in [2.05, 4.69) is 28.7 Å². The fourth-order valence-corrected chi connectivity index (χ4v) is 2.31. The van der Waals surface area contributed by atoms with Crippen molar-refractivity contribution in [2.75, 3.05) is 12.3 Å². The van der Waals surface area contributed by atoms with Crippen LogP contribution in [0.2, 0.25) is 0 Å². The number of aryl methyl sites for hydroxylation is 1. The molecule has 0 unspecified atom stereocenters. The molecule has 0 heterocycles. The molecule has 0 saturated heterocycles. The average molecular weight is 353 g/mol. The third kappa shape index (κ3) is 3.91. The lowest BCUT2D eigenvalue weighted by Gasteiger charge is -2.08. The zero-order valence-electron chi connectivity index (χ0n) is 10.1. The molecule has 94 valence electrons. The molecule has 0 aliphatic rings. The summed E-state index contributed by atoms with van der Waals surface area (Å²) in [6.07, 6.45) is 1.99. The molecule has 0 fully saturated rings. The first-order valence-electron chi connectivity index (χ1n) is 5.97.